The van der Waals surface area contributed by atoms with Crippen LogP contribution in [0.3, 0.4) is 0 Å². The van der Waals surface area contributed by atoms with Crippen molar-refractivity contribution in [2.45, 2.75) is 18.6 Å². The number of aliphatic hydroxyl groups is 1. The van der Waals surface area contributed by atoms with Gasteiger partial charge in [-0.3, -0.25) is 9.78 Å². The van der Waals surface area contributed by atoms with Gasteiger partial charge in [-0.1, -0.05) is 12.1 Å². The van der Waals surface area contributed by atoms with Crippen LogP contribution in [0.2, 0.25) is 0 Å². The van der Waals surface area contributed by atoms with Crippen LogP contribution in [0, 0.1) is 11.3 Å². The Bertz CT molecular complexity index is 759. The van der Waals surface area contributed by atoms with E-state index in [0.29, 0.717) is 36.7 Å². The molecule has 3 heterocycles. The van der Waals surface area contributed by atoms with E-state index in [-0.39, 0.29) is 11.9 Å². The molecule has 1 amide bonds. The maximum absolute atomic E-state index is 12.1. The van der Waals surface area contributed by atoms with Crippen LogP contribution in [0.15, 0.2) is 42.6 Å². The van der Waals surface area contributed by atoms with Crippen LogP contribution < -0.4 is 10.2 Å². The molecule has 1 aliphatic rings. The average molecular weight is 323 g/mol. The number of pyridine rings is 2. The number of rotatable bonds is 3. The molecular formula is C17H17N5O2. The lowest BCUT2D eigenvalue weighted by Crippen LogP contribution is -2.54. The standard InChI is InChI=1S/C17H17N5O2/c18-10-12-4-3-6-16(20-12)22-9-7-13(15(23)11-22)21-17(24)14-5-1-2-8-19-14/h1-6,8,13,15,23H,7,9,11H2,(H,21,24)/t13-,15-/m1/s1. The predicted octanol–water partition coefficient (Wildman–Crippen LogP) is 0.718. The predicted molar refractivity (Wildman–Crippen MR) is 87.3 cm³/mol. The molecule has 0 radical (unpaired) electrons. The summed E-state index contributed by atoms with van der Waals surface area (Å²) in [5.74, 6) is 0.361. The lowest BCUT2D eigenvalue weighted by molar-refractivity contribution is 0.0793. The summed E-state index contributed by atoms with van der Waals surface area (Å²) in [6.45, 7) is 0.973. The van der Waals surface area contributed by atoms with Crippen molar-refractivity contribution < 1.29 is 9.90 Å². The summed E-state index contributed by atoms with van der Waals surface area (Å²) in [6, 6.07) is 12.0. The summed E-state index contributed by atoms with van der Waals surface area (Å²) in [5.41, 5.74) is 0.670. The van der Waals surface area contributed by atoms with E-state index in [1.165, 1.54) is 0 Å². The van der Waals surface area contributed by atoms with E-state index in [4.69, 9.17) is 5.26 Å². The summed E-state index contributed by atoms with van der Waals surface area (Å²) in [6.07, 6.45) is 1.42. The van der Waals surface area contributed by atoms with Crippen molar-refractivity contribution in [2.75, 3.05) is 18.0 Å². The highest BCUT2D eigenvalue weighted by Gasteiger charge is 2.30. The minimum Gasteiger partial charge on any atom is -0.389 e. The normalized spacial score (nSPS) is 20.2. The summed E-state index contributed by atoms with van der Waals surface area (Å²) in [5, 5.41) is 22.1. The Balaban J connectivity index is 1.63. The number of hydrogen-bond acceptors (Lipinski definition) is 6. The Morgan fingerprint density at radius 3 is 2.92 bits per heavy atom. The smallest absolute Gasteiger partial charge is 0.270 e. The van der Waals surface area contributed by atoms with Crippen LogP contribution in [0.1, 0.15) is 22.6 Å². The number of hydrogen-bond donors (Lipinski definition) is 2. The number of piperidine rings is 1. The van der Waals surface area contributed by atoms with Gasteiger partial charge in [0.15, 0.2) is 0 Å². The number of carbonyl (C=O) groups is 1. The zero-order chi connectivity index (χ0) is 16.9. The second kappa shape index (κ2) is 7.06. The summed E-state index contributed by atoms with van der Waals surface area (Å²) in [7, 11) is 0. The highest BCUT2D eigenvalue weighted by atomic mass is 16.3. The summed E-state index contributed by atoms with van der Waals surface area (Å²) >= 11 is 0. The van der Waals surface area contributed by atoms with Crippen LogP contribution >= 0.6 is 0 Å². The van der Waals surface area contributed by atoms with Crippen LogP contribution in [-0.4, -0.2) is 46.2 Å². The van der Waals surface area contributed by atoms with Crippen LogP contribution in [0.5, 0.6) is 0 Å². The number of nitrogens with zero attached hydrogens (tertiary/aromatic N) is 4. The first-order valence-corrected chi connectivity index (χ1v) is 7.69. The lowest BCUT2D eigenvalue weighted by Gasteiger charge is -2.36. The fourth-order valence-electron chi connectivity index (χ4n) is 2.71. The third-order valence-corrected chi connectivity index (χ3v) is 3.97. The SMILES string of the molecule is N#Cc1cccc(N2CC[C@@H](NC(=O)c3ccccn3)[C@H](O)C2)n1. The summed E-state index contributed by atoms with van der Waals surface area (Å²) in [4.78, 5) is 22.3. The van der Waals surface area contributed by atoms with E-state index in [1.54, 1.807) is 42.6 Å². The molecule has 0 unspecified atom stereocenters. The van der Waals surface area contributed by atoms with Crippen molar-refractivity contribution in [3.8, 4) is 6.07 Å². The van der Waals surface area contributed by atoms with Gasteiger partial charge in [-0.15, -0.1) is 0 Å². The number of amides is 1. The molecule has 0 bridgehead atoms. The maximum Gasteiger partial charge on any atom is 0.270 e. The second-order valence-electron chi connectivity index (χ2n) is 5.59. The van der Waals surface area contributed by atoms with Crippen molar-refractivity contribution in [2.24, 2.45) is 0 Å². The minimum absolute atomic E-state index is 0.294. The molecule has 2 aromatic rings. The molecule has 24 heavy (non-hydrogen) atoms. The first-order valence-electron chi connectivity index (χ1n) is 7.69. The Morgan fingerprint density at radius 1 is 1.33 bits per heavy atom. The summed E-state index contributed by atoms with van der Waals surface area (Å²) < 4.78 is 0. The van der Waals surface area contributed by atoms with Gasteiger partial charge in [-0.2, -0.15) is 5.26 Å². The van der Waals surface area contributed by atoms with Crippen molar-refractivity contribution >= 4 is 11.7 Å². The topological polar surface area (TPSA) is 102 Å². The molecule has 2 N–H and O–H groups in total. The van der Waals surface area contributed by atoms with Crippen molar-refractivity contribution in [3.05, 3.63) is 54.0 Å². The Morgan fingerprint density at radius 2 is 2.21 bits per heavy atom. The highest BCUT2D eigenvalue weighted by molar-refractivity contribution is 5.92. The fraction of sp³-hybridized carbons (Fsp3) is 0.294. The van der Waals surface area contributed by atoms with Crippen LogP contribution in [-0.2, 0) is 0 Å². The van der Waals surface area contributed by atoms with E-state index in [2.05, 4.69) is 15.3 Å². The number of nitrogens with one attached hydrogen (secondary N) is 1. The van der Waals surface area contributed by atoms with Crippen LogP contribution in [0.4, 0.5) is 5.82 Å². The van der Waals surface area contributed by atoms with Gasteiger partial charge in [0.05, 0.1) is 12.1 Å². The lowest BCUT2D eigenvalue weighted by atomic mass is 10.0. The van der Waals surface area contributed by atoms with Gasteiger partial charge in [0.1, 0.15) is 23.3 Å². The first-order chi connectivity index (χ1) is 11.7. The molecule has 2 atom stereocenters. The monoisotopic (exact) mass is 323 g/mol. The average Bonchev–Trinajstić information content (AvgIpc) is 2.64. The number of β-amino-alcohol motifs (C(OH)–C–C–N with tert-alkyl or cyclic N) is 1. The van der Waals surface area contributed by atoms with E-state index in [1.807, 2.05) is 11.0 Å². The molecular weight excluding hydrogens is 306 g/mol. The van der Waals surface area contributed by atoms with Gasteiger partial charge in [0.2, 0.25) is 0 Å². The Kier molecular flexibility index (Phi) is 4.68. The molecule has 1 aliphatic heterocycles. The van der Waals surface area contributed by atoms with Crippen molar-refractivity contribution in [1.82, 2.24) is 15.3 Å². The molecule has 122 valence electrons. The van der Waals surface area contributed by atoms with E-state index < -0.39 is 6.10 Å². The number of carbonyl (C=O) groups excluding carboxylic acids is 1. The van der Waals surface area contributed by atoms with Crippen molar-refractivity contribution in [1.29, 1.82) is 5.26 Å². The maximum atomic E-state index is 12.1. The second-order valence-corrected chi connectivity index (χ2v) is 5.59. The van der Waals surface area contributed by atoms with Gasteiger partial charge in [0.25, 0.3) is 5.91 Å². The number of anilines is 1. The minimum atomic E-state index is -0.723. The van der Waals surface area contributed by atoms with Crippen molar-refractivity contribution in [3.63, 3.8) is 0 Å². The van der Waals surface area contributed by atoms with Gasteiger partial charge >= 0.3 is 0 Å². The molecule has 0 saturated carbocycles. The molecule has 0 spiro atoms. The van der Waals surface area contributed by atoms with E-state index in [0.717, 1.165) is 0 Å². The van der Waals surface area contributed by atoms with Gasteiger partial charge in [-0.25, -0.2) is 4.98 Å². The molecule has 2 aromatic heterocycles. The Labute approximate surface area is 139 Å². The molecule has 1 fully saturated rings. The van der Waals surface area contributed by atoms with E-state index >= 15 is 0 Å². The third kappa shape index (κ3) is 3.50. The zero-order valence-electron chi connectivity index (χ0n) is 13.0. The van der Waals surface area contributed by atoms with Crippen LogP contribution in [0.25, 0.3) is 0 Å². The molecule has 7 heteroatoms. The highest BCUT2D eigenvalue weighted by Crippen LogP contribution is 2.19. The zero-order valence-corrected chi connectivity index (χ0v) is 13.0. The van der Waals surface area contributed by atoms with Gasteiger partial charge in [-0.05, 0) is 30.7 Å². The fourth-order valence-corrected chi connectivity index (χ4v) is 2.71. The largest absolute Gasteiger partial charge is 0.389 e. The quantitative estimate of drug-likeness (QED) is 0.863. The molecule has 0 aromatic carbocycles. The number of nitriles is 1. The molecule has 7 nitrogen and oxygen atoms in total. The molecule has 3 rings (SSSR count). The van der Waals surface area contributed by atoms with Gasteiger partial charge < -0.3 is 15.3 Å². The molecule has 1 saturated heterocycles. The van der Waals surface area contributed by atoms with Gasteiger partial charge in [0, 0.05) is 19.3 Å². The first kappa shape index (κ1) is 15.9. The number of aliphatic hydroxyl groups excluding tert-OH is 1. The number of aromatic nitrogens is 2. The Hall–Kier alpha value is -2.98. The van der Waals surface area contributed by atoms with E-state index in [9.17, 15) is 9.90 Å². The third-order valence-electron chi connectivity index (χ3n) is 3.97. The molecule has 0 aliphatic carbocycles.